The lowest BCUT2D eigenvalue weighted by molar-refractivity contribution is 0.00694. The van der Waals surface area contributed by atoms with Gasteiger partial charge in [0.15, 0.2) is 5.71 Å². The second kappa shape index (κ2) is 5.32. The van der Waals surface area contributed by atoms with Crippen molar-refractivity contribution < 1.29 is 14.7 Å². The molecule has 0 radical (unpaired) electrons. The van der Waals surface area contributed by atoms with Gasteiger partial charge in [-0.05, 0) is 26.8 Å². The Balaban J connectivity index is 3.19. The average Bonchev–Trinajstić information content (AvgIpc) is 2.29. The molecule has 0 fully saturated rings. The van der Waals surface area contributed by atoms with Gasteiger partial charge in [-0.15, -0.1) is 0 Å². The van der Waals surface area contributed by atoms with Crippen molar-refractivity contribution in [3.05, 3.63) is 35.4 Å². The van der Waals surface area contributed by atoms with Crippen LogP contribution in [0.5, 0.6) is 0 Å². The SMILES string of the molecule is CC(C)(C)OC(=O)c1ccccc1C(C#N)=NO. The maximum atomic E-state index is 11.9. The predicted molar refractivity (Wildman–Crippen MR) is 65.5 cm³/mol. The Morgan fingerprint density at radius 3 is 2.33 bits per heavy atom. The molecule has 5 heteroatoms. The highest BCUT2D eigenvalue weighted by atomic mass is 16.6. The smallest absolute Gasteiger partial charge is 0.339 e. The first-order valence-electron chi connectivity index (χ1n) is 5.34. The zero-order chi connectivity index (χ0) is 13.8. The fourth-order valence-electron chi connectivity index (χ4n) is 1.34. The van der Waals surface area contributed by atoms with E-state index in [4.69, 9.17) is 15.2 Å². The van der Waals surface area contributed by atoms with E-state index in [9.17, 15) is 4.79 Å². The molecular formula is C13H14N2O3. The molecule has 0 saturated carbocycles. The highest BCUT2D eigenvalue weighted by Crippen LogP contribution is 2.16. The highest BCUT2D eigenvalue weighted by Gasteiger charge is 2.21. The summed E-state index contributed by atoms with van der Waals surface area (Å²) in [5.41, 5.74) is -0.414. The number of hydrogen-bond acceptors (Lipinski definition) is 5. The largest absolute Gasteiger partial charge is 0.456 e. The topological polar surface area (TPSA) is 82.7 Å². The summed E-state index contributed by atoms with van der Waals surface area (Å²) in [6.45, 7) is 5.25. The summed E-state index contributed by atoms with van der Waals surface area (Å²) < 4.78 is 5.22. The third-order valence-corrected chi connectivity index (χ3v) is 2.01. The van der Waals surface area contributed by atoms with Gasteiger partial charge >= 0.3 is 5.97 Å². The number of carbonyl (C=O) groups excluding carboxylic acids is 1. The number of esters is 1. The second-order valence-corrected chi connectivity index (χ2v) is 4.61. The van der Waals surface area contributed by atoms with Crippen molar-refractivity contribution in [2.24, 2.45) is 5.16 Å². The van der Waals surface area contributed by atoms with Gasteiger partial charge < -0.3 is 9.94 Å². The molecule has 18 heavy (non-hydrogen) atoms. The molecule has 1 N–H and O–H groups in total. The predicted octanol–water partition coefficient (Wildman–Crippen LogP) is 2.34. The molecule has 0 aliphatic heterocycles. The van der Waals surface area contributed by atoms with Crippen LogP contribution in [0.4, 0.5) is 0 Å². The molecule has 0 atom stereocenters. The molecule has 0 aliphatic carbocycles. The van der Waals surface area contributed by atoms with Crippen molar-refractivity contribution in [2.75, 3.05) is 0 Å². The lowest BCUT2D eigenvalue weighted by Crippen LogP contribution is -2.25. The summed E-state index contributed by atoms with van der Waals surface area (Å²) in [7, 11) is 0. The van der Waals surface area contributed by atoms with Gasteiger partial charge in [-0.2, -0.15) is 5.26 Å². The fraction of sp³-hybridized carbons (Fsp3) is 0.308. The van der Waals surface area contributed by atoms with E-state index >= 15 is 0 Å². The van der Waals surface area contributed by atoms with Crippen LogP contribution < -0.4 is 0 Å². The van der Waals surface area contributed by atoms with Gasteiger partial charge in [0.25, 0.3) is 0 Å². The van der Waals surface area contributed by atoms with Gasteiger partial charge in [-0.3, -0.25) is 0 Å². The van der Waals surface area contributed by atoms with Crippen LogP contribution in [0.2, 0.25) is 0 Å². The number of benzene rings is 1. The monoisotopic (exact) mass is 246 g/mol. The van der Waals surface area contributed by atoms with Crippen molar-refractivity contribution in [3.8, 4) is 6.07 Å². The van der Waals surface area contributed by atoms with E-state index < -0.39 is 11.6 Å². The third-order valence-electron chi connectivity index (χ3n) is 2.01. The van der Waals surface area contributed by atoms with Crippen LogP contribution in [-0.2, 0) is 4.74 Å². The minimum atomic E-state index is -0.632. The Morgan fingerprint density at radius 1 is 1.33 bits per heavy atom. The number of ether oxygens (including phenoxy) is 1. The van der Waals surface area contributed by atoms with E-state index in [1.807, 2.05) is 0 Å². The number of rotatable bonds is 2. The van der Waals surface area contributed by atoms with Gasteiger partial charge in [0.2, 0.25) is 0 Å². The number of nitrogens with zero attached hydrogens (tertiary/aromatic N) is 2. The molecular weight excluding hydrogens is 232 g/mol. The van der Waals surface area contributed by atoms with Crippen molar-refractivity contribution >= 4 is 11.7 Å². The van der Waals surface area contributed by atoms with Crippen LogP contribution in [0.3, 0.4) is 0 Å². The normalized spacial score (nSPS) is 11.8. The zero-order valence-electron chi connectivity index (χ0n) is 10.5. The van der Waals surface area contributed by atoms with Crippen LogP contribution in [0.25, 0.3) is 0 Å². The summed E-state index contributed by atoms with van der Waals surface area (Å²) in [5, 5.41) is 20.4. The minimum Gasteiger partial charge on any atom is -0.456 e. The Morgan fingerprint density at radius 2 is 1.89 bits per heavy atom. The zero-order valence-corrected chi connectivity index (χ0v) is 10.5. The summed E-state index contributed by atoms with van der Waals surface area (Å²) in [6, 6.07) is 8.06. The average molecular weight is 246 g/mol. The molecule has 5 nitrogen and oxygen atoms in total. The van der Waals surface area contributed by atoms with E-state index in [-0.39, 0.29) is 16.8 Å². The summed E-state index contributed by atoms with van der Waals surface area (Å²) in [5.74, 6) is -0.561. The molecule has 0 bridgehead atoms. The van der Waals surface area contributed by atoms with Crippen molar-refractivity contribution in [1.29, 1.82) is 5.26 Å². The lowest BCUT2D eigenvalue weighted by Gasteiger charge is -2.20. The van der Waals surface area contributed by atoms with Crippen LogP contribution in [0, 0.1) is 11.3 Å². The van der Waals surface area contributed by atoms with Gasteiger partial charge in [0.1, 0.15) is 11.7 Å². The van der Waals surface area contributed by atoms with Crippen LogP contribution >= 0.6 is 0 Å². The first-order chi connectivity index (χ1) is 8.39. The first kappa shape index (κ1) is 13.7. The number of carbonyl (C=O) groups is 1. The molecule has 0 amide bonds. The maximum Gasteiger partial charge on any atom is 0.339 e. The third kappa shape index (κ3) is 3.32. The van der Waals surface area contributed by atoms with Gasteiger partial charge in [0.05, 0.1) is 5.56 Å². The molecule has 0 heterocycles. The number of hydrogen-bond donors (Lipinski definition) is 1. The molecule has 0 spiro atoms. The summed E-state index contributed by atoms with van der Waals surface area (Å²) in [6.07, 6.45) is 0. The van der Waals surface area contributed by atoms with E-state index in [0.29, 0.717) is 0 Å². The van der Waals surface area contributed by atoms with E-state index in [2.05, 4.69) is 5.16 Å². The number of nitriles is 1. The Kier molecular flexibility index (Phi) is 4.05. The Hall–Kier alpha value is -2.35. The first-order valence-corrected chi connectivity index (χ1v) is 5.34. The Bertz CT molecular complexity index is 522. The van der Waals surface area contributed by atoms with E-state index in [1.165, 1.54) is 12.1 Å². The fourth-order valence-corrected chi connectivity index (χ4v) is 1.34. The standard InChI is InChI=1S/C13H14N2O3/c1-13(2,3)18-12(16)10-7-5-4-6-9(10)11(8-14)15-17/h4-7,17H,1-3H3. The van der Waals surface area contributed by atoms with Crippen LogP contribution in [0.15, 0.2) is 29.4 Å². The quantitative estimate of drug-likeness (QED) is 0.376. The van der Waals surface area contributed by atoms with E-state index in [1.54, 1.807) is 39.0 Å². The second-order valence-electron chi connectivity index (χ2n) is 4.61. The molecule has 94 valence electrons. The molecule has 1 aromatic carbocycles. The highest BCUT2D eigenvalue weighted by molar-refractivity contribution is 6.16. The molecule has 0 aliphatic rings. The lowest BCUT2D eigenvalue weighted by atomic mass is 10.0. The van der Waals surface area contributed by atoms with Crippen molar-refractivity contribution in [3.63, 3.8) is 0 Å². The van der Waals surface area contributed by atoms with Gasteiger partial charge in [0, 0.05) is 5.56 Å². The van der Waals surface area contributed by atoms with Crippen molar-refractivity contribution in [2.45, 2.75) is 26.4 Å². The summed E-state index contributed by atoms with van der Waals surface area (Å²) >= 11 is 0. The molecule has 0 aromatic heterocycles. The number of oxime groups is 1. The molecule has 0 saturated heterocycles. The van der Waals surface area contributed by atoms with Crippen molar-refractivity contribution in [1.82, 2.24) is 0 Å². The van der Waals surface area contributed by atoms with Crippen LogP contribution in [-0.4, -0.2) is 22.5 Å². The van der Waals surface area contributed by atoms with Gasteiger partial charge in [-0.1, -0.05) is 23.4 Å². The summed E-state index contributed by atoms with van der Waals surface area (Å²) in [4.78, 5) is 11.9. The molecule has 1 aromatic rings. The van der Waals surface area contributed by atoms with Gasteiger partial charge in [-0.25, -0.2) is 4.79 Å². The van der Waals surface area contributed by atoms with E-state index in [0.717, 1.165) is 0 Å². The molecule has 0 unspecified atom stereocenters. The van der Waals surface area contributed by atoms with Crippen LogP contribution in [0.1, 0.15) is 36.7 Å². The maximum absolute atomic E-state index is 11.9. The Labute approximate surface area is 105 Å². The molecule has 1 rings (SSSR count). The minimum absolute atomic E-state index is 0.196.